The van der Waals surface area contributed by atoms with Crippen LogP contribution in [0.15, 0.2) is 4.52 Å². The van der Waals surface area contributed by atoms with Gasteiger partial charge in [-0.05, 0) is 33.1 Å². The molecule has 0 amide bonds. The van der Waals surface area contributed by atoms with Crippen molar-refractivity contribution < 1.29 is 9.32 Å². The number of carbonyl (C=O) groups excluding carboxylic acids is 1. The van der Waals surface area contributed by atoms with E-state index in [1.165, 1.54) is 0 Å². The second kappa shape index (κ2) is 3.56. The number of hydrogen-bond donors (Lipinski definition) is 0. The Morgan fingerprint density at radius 1 is 1.50 bits per heavy atom. The molecule has 1 aromatic rings. The van der Waals surface area contributed by atoms with Crippen LogP contribution in [0, 0.1) is 19.8 Å². The fourth-order valence-electron chi connectivity index (χ4n) is 2.14. The Labute approximate surface area is 83.5 Å². The number of aryl methyl sites for hydroxylation is 2. The summed E-state index contributed by atoms with van der Waals surface area (Å²) in [6.45, 7) is 3.85. The van der Waals surface area contributed by atoms with E-state index in [-0.39, 0.29) is 5.92 Å². The third-order valence-electron chi connectivity index (χ3n) is 3.06. The van der Waals surface area contributed by atoms with E-state index in [9.17, 15) is 4.79 Å². The van der Waals surface area contributed by atoms with Crippen LogP contribution in [-0.2, 0) is 11.2 Å². The van der Waals surface area contributed by atoms with Crippen molar-refractivity contribution >= 4 is 5.78 Å². The van der Waals surface area contributed by atoms with Gasteiger partial charge in [0.25, 0.3) is 0 Å². The number of ketones is 1. The van der Waals surface area contributed by atoms with Gasteiger partial charge in [0.15, 0.2) is 0 Å². The third-order valence-corrected chi connectivity index (χ3v) is 3.06. The highest BCUT2D eigenvalue weighted by Gasteiger charge is 2.26. The largest absolute Gasteiger partial charge is 0.361 e. The Bertz CT molecular complexity index is 335. The number of Topliss-reactive ketones (excluding diaryl/α,β-unsaturated/α-hetero) is 1. The van der Waals surface area contributed by atoms with Gasteiger partial charge in [0.1, 0.15) is 11.5 Å². The second-order valence-corrected chi connectivity index (χ2v) is 4.06. The molecule has 0 saturated heterocycles. The van der Waals surface area contributed by atoms with Crippen molar-refractivity contribution in [1.82, 2.24) is 5.16 Å². The topological polar surface area (TPSA) is 43.1 Å². The average molecular weight is 193 g/mol. The first kappa shape index (κ1) is 9.44. The molecule has 1 saturated carbocycles. The summed E-state index contributed by atoms with van der Waals surface area (Å²) in [6, 6.07) is 0. The number of carbonyl (C=O) groups is 1. The van der Waals surface area contributed by atoms with Gasteiger partial charge in [-0.3, -0.25) is 4.79 Å². The molecule has 0 spiro atoms. The molecule has 1 heterocycles. The van der Waals surface area contributed by atoms with Gasteiger partial charge >= 0.3 is 0 Å². The molecule has 0 bridgehead atoms. The average Bonchev–Trinajstić information content (AvgIpc) is 2.67. The predicted octanol–water partition coefficient (Wildman–Crippen LogP) is 2.20. The molecule has 76 valence electrons. The first-order valence-corrected chi connectivity index (χ1v) is 5.13. The van der Waals surface area contributed by atoms with Crippen molar-refractivity contribution in [3.63, 3.8) is 0 Å². The number of hydrogen-bond acceptors (Lipinski definition) is 3. The summed E-state index contributed by atoms with van der Waals surface area (Å²) in [5.41, 5.74) is 2.06. The van der Waals surface area contributed by atoms with E-state index >= 15 is 0 Å². The zero-order valence-electron chi connectivity index (χ0n) is 8.67. The fourth-order valence-corrected chi connectivity index (χ4v) is 2.14. The smallest absolute Gasteiger partial charge is 0.137 e. The van der Waals surface area contributed by atoms with Crippen LogP contribution in [0.1, 0.15) is 36.3 Å². The minimum Gasteiger partial charge on any atom is -0.361 e. The third kappa shape index (κ3) is 1.59. The lowest BCUT2D eigenvalue weighted by Gasteiger charge is -2.06. The molecule has 0 aromatic carbocycles. The number of rotatable bonds is 2. The summed E-state index contributed by atoms with van der Waals surface area (Å²) < 4.78 is 5.08. The first-order valence-electron chi connectivity index (χ1n) is 5.13. The van der Waals surface area contributed by atoms with Crippen LogP contribution in [-0.4, -0.2) is 10.9 Å². The van der Waals surface area contributed by atoms with Crippen molar-refractivity contribution in [2.24, 2.45) is 5.92 Å². The van der Waals surface area contributed by atoms with E-state index in [1.807, 2.05) is 13.8 Å². The molecule has 1 fully saturated rings. The molecule has 1 aliphatic rings. The van der Waals surface area contributed by atoms with Crippen LogP contribution in [0.3, 0.4) is 0 Å². The lowest BCUT2D eigenvalue weighted by atomic mass is 9.96. The monoisotopic (exact) mass is 193 g/mol. The molecule has 0 N–H and O–H groups in total. The number of aromatic nitrogens is 1. The normalized spacial score (nSPS) is 21.9. The van der Waals surface area contributed by atoms with E-state index in [4.69, 9.17) is 4.52 Å². The molecule has 1 aliphatic carbocycles. The standard InChI is InChI=1S/C11H15NO2/c1-7-10(8(2)14-12-7)6-9-4-3-5-11(9)13/h9H,3-6H2,1-2H3. The molecule has 3 heteroatoms. The minimum absolute atomic E-state index is 0.215. The summed E-state index contributed by atoms with van der Waals surface area (Å²) in [4.78, 5) is 11.5. The van der Waals surface area contributed by atoms with Crippen LogP contribution < -0.4 is 0 Å². The highest BCUT2D eigenvalue weighted by molar-refractivity contribution is 5.83. The Morgan fingerprint density at radius 2 is 2.29 bits per heavy atom. The Hall–Kier alpha value is -1.12. The van der Waals surface area contributed by atoms with E-state index < -0.39 is 0 Å². The molecule has 0 radical (unpaired) electrons. The maximum absolute atomic E-state index is 11.5. The molecular formula is C11H15NO2. The minimum atomic E-state index is 0.215. The molecule has 3 nitrogen and oxygen atoms in total. The Morgan fingerprint density at radius 3 is 2.79 bits per heavy atom. The van der Waals surface area contributed by atoms with E-state index in [1.54, 1.807) is 0 Å². The van der Waals surface area contributed by atoms with Crippen LogP contribution in [0.2, 0.25) is 0 Å². The lowest BCUT2D eigenvalue weighted by molar-refractivity contribution is -0.120. The fraction of sp³-hybridized carbons (Fsp3) is 0.636. The molecule has 1 unspecified atom stereocenters. The van der Waals surface area contributed by atoms with Crippen molar-refractivity contribution in [1.29, 1.82) is 0 Å². The number of nitrogens with zero attached hydrogens (tertiary/aromatic N) is 1. The van der Waals surface area contributed by atoms with Crippen LogP contribution >= 0.6 is 0 Å². The maximum Gasteiger partial charge on any atom is 0.137 e. The van der Waals surface area contributed by atoms with Gasteiger partial charge in [0, 0.05) is 17.9 Å². The quantitative estimate of drug-likeness (QED) is 0.723. The van der Waals surface area contributed by atoms with Gasteiger partial charge < -0.3 is 4.52 Å². The summed E-state index contributed by atoms with van der Waals surface area (Å²) in [5, 5.41) is 3.90. The van der Waals surface area contributed by atoms with E-state index in [2.05, 4.69) is 5.16 Å². The van der Waals surface area contributed by atoms with Gasteiger partial charge in [-0.1, -0.05) is 5.16 Å². The zero-order chi connectivity index (χ0) is 10.1. The first-order chi connectivity index (χ1) is 6.68. The SMILES string of the molecule is Cc1noc(C)c1CC1CCCC1=O. The van der Waals surface area contributed by atoms with Crippen molar-refractivity contribution in [2.75, 3.05) is 0 Å². The molecule has 1 aromatic heterocycles. The second-order valence-electron chi connectivity index (χ2n) is 4.06. The summed E-state index contributed by atoms with van der Waals surface area (Å²) >= 11 is 0. The van der Waals surface area contributed by atoms with Crippen LogP contribution in [0.4, 0.5) is 0 Å². The van der Waals surface area contributed by atoms with Gasteiger partial charge in [-0.25, -0.2) is 0 Å². The Balaban J connectivity index is 2.14. The van der Waals surface area contributed by atoms with Crippen LogP contribution in [0.5, 0.6) is 0 Å². The molecule has 1 atom stereocenters. The molecular weight excluding hydrogens is 178 g/mol. The highest BCUT2D eigenvalue weighted by Crippen LogP contribution is 2.27. The zero-order valence-corrected chi connectivity index (χ0v) is 8.67. The van der Waals surface area contributed by atoms with E-state index in [0.29, 0.717) is 5.78 Å². The highest BCUT2D eigenvalue weighted by atomic mass is 16.5. The van der Waals surface area contributed by atoms with E-state index in [0.717, 1.165) is 42.7 Å². The van der Waals surface area contributed by atoms with Crippen LogP contribution in [0.25, 0.3) is 0 Å². The van der Waals surface area contributed by atoms with Crippen molar-refractivity contribution in [3.05, 3.63) is 17.0 Å². The van der Waals surface area contributed by atoms with Gasteiger partial charge in [0.2, 0.25) is 0 Å². The molecule has 2 rings (SSSR count). The molecule has 0 aliphatic heterocycles. The van der Waals surface area contributed by atoms with Crippen molar-refractivity contribution in [2.45, 2.75) is 39.5 Å². The van der Waals surface area contributed by atoms with Gasteiger partial charge in [0.05, 0.1) is 5.69 Å². The maximum atomic E-state index is 11.5. The molecule has 14 heavy (non-hydrogen) atoms. The van der Waals surface area contributed by atoms with Crippen molar-refractivity contribution in [3.8, 4) is 0 Å². The summed E-state index contributed by atoms with van der Waals surface area (Å²) in [6.07, 6.45) is 3.66. The predicted molar refractivity (Wildman–Crippen MR) is 52.0 cm³/mol. The lowest BCUT2D eigenvalue weighted by Crippen LogP contribution is -2.10. The summed E-state index contributed by atoms with van der Waals surface area (Å²) in [5.74, 6) is 1.49. The summed E-state index contributed by atoms with van der Waals surface area (Å²) in [7, 11) is 0. The van der Waals surface area contributed by atoms with Gasteiger partial charge in [-0.15, -0.1) is 0 Å². The Kier molecular flexibility index (Phi) is 2.40. The van der Waals surface area contributed by atoms with Gasteiger partial charge in [-0.2, -0.15) is 0 Å².